The molecule has 2 aromatic carbocycles. The molecule has 166 valence electrons. The highest BCUT2D eigenvalue weighted by atomic mass is 32.1. The quantitative estimate of drug-likeness (QED) is 0.476. The SMILES string of the molecule is N[C@@H]1c2ccccc2CC12CCN(c1ncc3sc(N4CCc5ccccc54)nc3n1)CC2. The number of benzene rings is 2. The molecule has 4 heterocycles. The number of fused-ring (bicyclic) bond motifs is 3. The minimum Gasteiger partial charge on any atom is -0.341 e. The molecular formula is C26H26N6S. The zero-order valence-corrected chi connectivity index (χ0v) is 19.3. The van der Waals surface area contributed by atoms with Crippen LogP contribution in [0.25, 0.3) is 10.3 Å². The van der Waals surface area contributed by atoms with E-state index in [1.165, 1.54) is 22.4 Å². The first-order chi connectivity index (χ1) is 16.2. The molecule has 0 bridgehead atoms. The number of hydrogen-bond acceptors (Lipinski definition) is 7. The van der Waals surface area contributed by atoms with Gasteiger partial charge in [0.25, 0.3) is 0 Å². The van der Waals surface area contributed by atoms with E-state index in [-0.39, 0.29) is 11.5 Å². The van der Waals surface area contributed by atoms with E-state index in [4.69, 9.17) is 20.7 Å². The Labute approximate surface area is 197 Å². The highest BCUT2D eigenvalue weighted by Crippen LogP contribution is 2.51. The fourth-order valence-electron chi connectivity index (χ4n) is 5.98. The molecule has 4 aromatic rings. The lowest BCUT2D eigenvalue weighted by atomic mass is 9.73. The number of piperidine rings is 1. The van der Waals surface area contributed by atoms with Crippen LogP contribution < -0.4 is 15.5 Å². The van der Waals surface area contributed by atoms with Gasteiger partial charge >= 0.3 is 0 Å². The Kier molecular flexibility index (Phi) is 4.26. The van der Waals surface area contributed by atoms with Crippen LogP contribution in [0.15, 0.2) is 54.7 Å². The normalized spacial score (nSPS) is 21.1. The Balaban J connectivity index is 1.12. The minimum absolute atomic E-state index is 0.128. The van der Waals surface area contributed by atoms with Crippen molar-refractivity contribution in [3.63, 3.8) is 0 Å². The second kappa shape index (κ2) is 7.23. The van der Waals surface area contributed by atoms with Crippen molar-refractivity contribution >= 4 is 38.5 Å². The number of para-hydroxylation sites is 1. The third-order valence-corrected chi connectivity index (χ3v) is 8.88. The molecule has 1 aliphatic carbocycles. The maximum absolute atomic E-state index is 6.75. The molecule has 6 nitrogen and oxygen atoms in total. The Morgan fingerprint density at radius 1 is 0.939 bits per heavy atom. The zero-order chi connectivity index (χ0) is 22.0. The van der Waals surface area contributed by atoms with Crippen LogP contribution >= 0.6 is 11.3 Å². The third kappa shape index (κ3) is 2.99. The smallest absolute Gasteiger partial charge is 0.227 e. The van der Waals surface area contributed by atoms with Gasteiger partial charge in [-0.1, -0.05) is 53.8 Å². The molecule has 33 heavy (non-hydrogen) atoms. The van der Waals surface area contributed by atoms with Gasteiger partial charge in [-0.15, -0.1) is 0 Å². The predicted molar refractivity (Wildman–Crippen MR) is 133 cm³/mol. The van der Waals surface area contributed by atoms with Gasteiger partial charge in [0.2, 0.25) is 5.95 Å². The second-order valence-electron chi connectivity index (χ2n) is 9.59. The summed E-state index contributed by atoms with van der Waals surface area (Å²) in [6, 6.07) is 17.4. The van der Waals surface area contributed by atoms with Crippen molar-refractivity contribution in [2.45, 2.75) is 31.7 Å². The fraction of sp³-hybridized carbons (Fsp3) is 0.346. The van der Waals surface area contributed by atoms with E-state index in [1.807, 2.05) is 6.20 Å². The van der Waals surface area contributed by atoms with Crippen LogP contribution in [-0.4, -0.2) is 34.6 Å². The van der Waals surface area contributed by atoms with Gasteiger partial charge in [-0.3, -0.25) is 0 Å². The minimum atomic E-state index is 0.128. The van der Waals surface area contributed by atoms with Gasteiger partial charge in [0.05, 0.1) is 10.9 Å². The largest absolute Gasteiger partial charge is 0.341 e. The number of rotatable bonds is 2. The molecule has 2 aromatic heterocycles. The van der Waals surface area contributed by atoms with E-state index in [9.17, 15) is 0 Å². The van der Waals surface area contributed by atoms with Gasteiger partial charge in [0.1, 0.15) is 0 Å². The van der Waals surface area contributed by atoms with E-state index in [0.717, 1.165) is 66.7 Å². The fourth-order valence-corrected chi connectivity index (χ4v) is 6.90. The third-order valence-electron chi connectivity index (χ3n) is 7.88. The highest BCUT2D eigenvalue weighted by Gasteiger charge is 2.46. The van der Waals surface area contributed by atoms with Crippen LogP contribution in [0.2, 0.25) is 0 Å². The molecule has 0 radical (unpaired) electrons. The van der Waals surface area contributed by atoms with E-state index in [1.54, 1.807) is 11.3 Å². The lowest BCUT2D eigenvalue weighted by molar-refractivity contribution is 0.187. The summed E-state index contributed by atoms with van der Waals surface area (Å²) in [6.07, 6.45) is 6.23. The number of hydrogen-bond donors (Lipinski definition) is 1. The summed E-state index contributed by atoms with van der Waals surface area (Å²) in [5, 5.41) is 1.01. The maximum Gasteiger partial charge on any atom is 0.227 e. The average molecular weight is 455 g/mol. The molecule has 3 aliphatic rings. The van der Waals surface area contributed by atoms with Crippen LogP contribution in [-0.2, 0) is 12.8 Å². The van der Waals surface area contributed by atoms with Crippen LogP contribution in [0, 0.1) is 5.41 Å². The van der Waals surface area contributed by atoms with Crippen molar-refractivity contribution in [3.05, 3.63) is 71.4 Å². The summed E-state index contributed by atoms with van der Waals surface area (Å²) in [6.45, 7) is 2.84. The van der Waals surface area contributed by atoms with E-state index < -0.39 is 0 Å². The highest BCUT2D eigenvalue weighted by molar-refractivity contribution is 7.22. The Morgan fingerprint density at radius 3 is 2.58 bits per heavy atom. The Bertz CT molecular complexity index is 1360. The van der Waals surface area contributed by atoms with Crippen molar-refractivity contribution in [1.82, 2.24) is 15.0 Å². The molecule has 2 N–H and O–H groups in total. The van der Waals surface area contributed by atoms with Crippen LogP contribution in [0.4, 0.5) is 16.8 Å². The first-order valence-corrected chi connectivity index (χ1v) is 12.6. The number of nitrogens with two attached hydrogens (primary N) is 1. The maximum atomic E-state index is 6.75. The summed E-state index contributed by atoms with van der Waals surface area (Å²) in [4.78, 5) is 19.1. The molecule has 0 unspecified atom stereocenters. The van der Waals surface area contributed by atoms with Crippen LogP contribution in [0.3, 0.4) is 0 Å². The van der Waals surface area contributed by atoms with Crippen LogP contribution in [0.1, 0.15) is 35.6 Å². The van der Waals surface area contributed by atoms with Crippen molar-refractivity contribution < 1.29 is 0 Å². The number of anilines is 3. The average Bonchev–Trinajstić information content (AvgIpc) is 3.54. The van der Waals surface area contributed by atoms with Crippen LogP contribution in [0.5, 0.6) is 0 Å². The van der Waals surface area contributed by atoms with Gasteiger partial charge in [-0.25, -0.2) is 4.98 Å². The molecule has 1 fully saturated rings. The standard InChI is InChI=1S/C26H26N6S/c27-22-19-7-3-1-6-18(19)15-26(22)10-13-31(14-11-26)24-28-16-21-23(29-24)30-25(33-21)32-12-9-17-5-2-4-8-20(17)32/h1-8,16,22H,9-15,27H2/t22-/m1/s1. The van der Waals surface area contributed by atoms with E-state index in [0.29, 0.717) is 0 Å². The molecule has 1 spiro atoms. The molecule has 7 heteroatoms. The van der Waals surface area contributed by atoms with Gasteiger partial charge in [0, 0.05) is 31.4 Å². The van der Waals surface area contributed by atoms with E-state index in [2.05, 4.69) is 58.3 Å². The summed E-state index contributed by atoms with van der Waals surface area (Å²) in [5.41, 5.74) is 13.1. The monoisotopic (exact) mass is 454 g/mol. The number of nitrogens with zero attached hydrogens (tertiary/aromatic N) is 5. The van der Waals surface area contributed by atoms with Gasteiger partial charge < -0.3 is 15.5 Å². The topological polar surface area (TPSA) is 71.2 Å². The summed E-state index contributed by atoms with van der Waals surface area (Å²) in [5.74, 6) is 0.792. The number of thiazole rings is 1. The Morgan fingerprint density at radius 2 is 1.73 bits per heavy atom. The Hall–Kier alpha value is -3.03. The summed E-state index contributed by atoms with van der Waals surface area (Å²) in [7, 11) is 0. The van der Waals surface area contributed by atoms with Crippen molar-refractivity contribution in [1.29, 1.82) is 0 Å². The van der Waals surface area contributed by atoms with Gasteiger partial charge in [-0.05, 0) is 53.9 Å². The zero-order valence-electron chi connectivity index (χ0n) is 18.4. The molecule has 1 saturated heterocycles. The molecule has 0 amide bonds. The molecule has 7 rings (SSSR count). The molecular weight excluding hydrogens is 428 g/mol. The van der Waals surface area contributed by atoms with Gasteiger partial charge in [-0.2, -0.15) is 9.97 Å². The molecule has 1 atom stereocenters. The molecule has 0 saturated carbocycles. The van der Waals surface area contributed by atoms with Gasteiger partial charge in [0.15, 0.2) is 10.8 Å². The van der Waals surface area contributed by atoms with Crippen molar-refractivity contribution in [2.24, 2.45) is 11.1 Å². The summed E-state index contributed by atoms with van der Waals surface area (Å²) < 4.78 is 1.04. The lowest BCUT2D eigenvalue weighted by Crippen LogP contribution is -2.44. The molecule has 2 aliphatic heterocycles. The first-order valence-electron chi connectivity index (χ1n) is 11.8. The summed E-state index contributed by atoms with van der Waals surface area (Å²) >= 11 is 1.68. The van der Waals surface area contributed by atoms with Crippen molar-refractivity contribution in [2.75, 3.05) is 29.4 Å². The lowest BCUT2D eigenvalue weighted by Gasteiger charge is -2.42. The van der Waals surface area contributed by atoms with E-state index >= 15 is 0 Å². The number of aromatic nitrogens is 3. The first kappa shape index (κ1) is 19.4. The predicted octanol–water partition coefficient (Wildman–Crippen LogP) is 4.62. The van der Waals surface area contributed by atoms with Crippen molar-refractivity contribution in [3.8, 4) is 0 Å². The second-order valence-corrected chi connectivity index (χ2v) is 10.6.